The third kappa shape index (κ3) is 2.95. The van der Waals surface area contributed by atoms with Gasteiger partial charge in [0.25, 0.3) is 5.91 Å². The summed E-state index contributed by atoms with van der Waals surface area (Å²) >= 11 is 0. The average Bonchev–Trinajstić information content (AvgIpc) is 2.35. The maximum absolute atomic E-state index is 11.5. The third-order valence-corrected chi connectivity index (χ3v) is 2.12. The SMILES string of the molecule is C#CCN(C(=O)C=C)c1ccc(C(=O)O)cc1. The molecule has 0 heterocycles. The highest BCUT2D eigenvalue weighted by Crippen LogP contribution is 2.15. The van der Waals surface area contributed by atoms with Crippen LogP contribution in [0.4, 0.5) is 5.69 Å². The molecule has 4 heteroatoms. The van der Waals surface area contributed by atoms with E-state index in [0.29, 0.717) is 5.69 Å². The van der Waals surface area contributed by atoms with Crippen molar-refractivity contribution in [3.05, 3.63) is 42.5 Å². The Morgan fingerprint density at radius 2 is 2.00 bits per heavy atom. The minimum atomic E-state index is -1.02. The second-order valence-electron chi connectivity index (χ2n) is 3.18. The molecule has 0 saturated carbocycles. The number of aromatic carboxylic acids is 1. The van der Waals surface area contributed by atoms with E-state index < -0.39 is 5.97 Å². The Morgan fingerprint density at radius 3 is 2.41 bits per heavy atom. The van der Waals surface area contributed by atoms with E-state index in [2.05, 4.69) is 12.5 Å². The van der Waals surface area contributed by atoms with Crippen molar-refractivity contribution in [1.82, 2.24) is 0 Å². The first-order valence-electron chi connectivity index (χ1n) is 4.81. The molecule has 0 unspecified atom stereocenters. The lowest BCUT2D eigenvalue weighted by atomic mass is 10.2. The second kappa shape index (κ2) is 5.52. The van der Waals surface area contributed by atoms with E-state index in [1.54, 1.807) is 0 Å². The molecule has 1 aromatic carbocycles. The molecule has 1 amide bonds. The largest absolute Gasteiger partial charge is 0.478 e. The van der Waals surface area contributed by atoms with Crippen molar-refractivity contribution in [3.8, 4) is 12.3 Å². The molecule has 17 heavy (non-hydrogen) atoms. The first-order valence-corrected chi connectivity index (χ1v) is 4.81. The number of carboxylic acid groups (broad SMARTS) is 1. The van der Waals surface area contributed by atoms with Crippen molar-refractivity contribution in [2.45, 2.75) is 0 Å². The topological polar surface area (TPSA) is 57.6 Å². The van der Waals surface area contributed by atoms with Gasteiger partial charge >= 0.3 is 5.97 Å². The number of nitrogens with zero attached hydrogens (tertiary/aromatic N) is 1. The summed E-state index contributed by atoms with van der Waals surface area (Å²) in [6, 6.07) is 5.89. The fourth-order valence-electron chi connectivity index (χ4n) is 1.28. The molecule has 0 saturated heterocycles. The summed E-state index contributed by atoms with van der Waals surface area (Å²) in [5.41, 5.74) is 0.693. The number of carbonyl (C=O) groups excluding carboxylic acids is 1. The predicted molar refractivity (Wildman–Crippen MR) is 64.8 cm³/mol. The quantitative estimate of drug-likeness (QED) is 0.629. The van der Waals surface area contributed by atoms with E-state index in [-0.39, 0.29) is 18.0 Å². The first-order chi connectivity index (χ1) is 8.10. The zero-order valence-electron chi connectivity index (χ0n) is 9.09. The van der Waals surface area contributed by atoms with Gasteiger partial charge < -0.3 is 5.11 Å². The maximum Gasteiger partial charge on any atom is 0.335 e. The minimum absolute atomic E-state index is 0.108. The van der Waals surface area contributed by atoms with Crippen molar-refractivity contribution in [2.24, 2.45) is 0 Å². The van der Waals surface area contributed by atoms with Gasteiger partial charge in [0, 0.05) is 5.69 Å². The van der Waals surface area contributed by atoms with E-state index in [9.17, 15) is 9.59 Å². The number of carboxylic acids is 1. The van der Waals surface area contributed by atoms with E-state index >= 15 is 0 Å². The monoisotopic (exact) mass is 229 g/mol. The van der Waals surface area contributed by atoms with Gasteiger partial charge in [-0.25, -0.2) is 4.79 Å². The van der Waals surface area contributed by atoms with Crippen LogP contribution in [0.25, 0.3) is 0 Å². The summed E-state index contributed by atoms with van der Waals surface area (Å²) in [6.45, 7) is 3.49. The average molecular weight is 229 g/mol. The molecule has 0 spiro atoms. The van der Waals surface area contributed by atoms with E-state index in [0.717, 1.165) is 6.08 Å². The number of rotatable bonds is 4. The van der Waals surface area contributed by atoms with Gasteiger partial charge in [0.1, 0.15) is 0 Å². The van der Waals surface area contributed by atoms with Crippen LogP contribution in [0.5, 0.6) is 0 Å². The van der Waals surface area contributed by atoms with Gasteiger partial charge in [0.05, 0.1) is 12.1 Å². The fourth-order valence-corrected chi connectivity index (χ4v) is 1.28. The van der Waals surface area contributed by atoms with Crippen molar-refractivity contribution >= 4 is 17.6 Å². The van der Waals surface area contributed by atoms with Crippen LogP contribution in [0.15, 0.2) is 36.9 Å². The molecule has 1 aromatic rings. The molecular weight excluding hydrogens is 218 g/mol. The van der Waals surface area contributed by atoms with E-state index in [4.69, 9.17) is 11.5 Å². The molecule has 0 fully saturated rings. The lowest BCUT2D eigenvalue weighted by Crippen LogP contribution is -2.29. The lowest BCUT2D eigenvalue weighted by molar-refractivity contribution is -0.114. The Balaban J connectivity index is 3.04. The molecule has 0 aliphatic carbocycles. The standard InChI is InChI=1S/C13H11NO3/c1-3-9-14(12(15)4-2)11-7-5-10(6-8-11)13(16)17/h1,4-8H,2,9H2,(H,16,17). The Bertz CT molecular complexity index is 482. The van der Waals surface area contributed by atoms with Gasteiger partial charge in [-0.15, -0.1) is 6.42 Å². The number of hydrogen-bond acceptors (Lipinski definition) is 2. The normalized spacial score (nSPS) is 9.12. The number of benzene rings is 1. The molecule has 0 aliphatic rings. The molecule has 0 aliphatic heterocycles. The van der Waals surface area contributed by atoms with E-state index in [1.807, 2.05) is 0 Å². The van der Waals surface area contributed by atoms with Crippen LogP contribution < -0.4 is 4.90 Å². The molecule has 86 valence electrons. The second-order valence-corrected chi connectivity index (χ2v) is 3.18. The summed E-state index contributed by atoms with van der Waals surface area (Å²) in [6.07, 6.45) is 6.32. The number of anilines is 1. The molecule has 0 aromatic heterocycles. The molecule has 1 rings (SSSR count). The predicted octanol–water partition coefficient (Wildman–Crippen LogP) is 1.54. The van der Waals surface area contributed by atoms with Gasteiger partial charge in [0.15, 0.2) is 0 Å². The molecule has 0 radical (unpaired) electrons. The number of amides is 1. The van der Waals surface area contributed by atoms with Gasteiger partial charge in [-0.05, 0) is 30.3 Å². The van der Waals surface area contributed by atoms with Crippen LogP contribution in [0.2, 0.25) is 0 Å². The van der Waals surface area contributed by atoms with Gasteiger partial charge in [0.2, 0.25) is 0 Å². The molecule has 0 bridgehead atoms. The van der Waals surface area contributed by atoms with Gasteiger partial charge in [-0.3, -0.25) is 9.69 Å². The smallest absolute Gasteiger partial charge is 0.335 e. The third-order valence-electron chi connectivity index (χ3n) is 2.12. The highest BCUT2D eigenvalue weighted by atomic mass is 16.4. The van der Waals surface area contributed by atoms with Crippen molar-refractivity contribution in [3.63, 3.8) is 0 Å². The van der Waals surface area contributed by atoms with Gasteiger partial charge in [-0.2, -0.15) is 0 Å². The van der Waals surface area contributed by atoms with Crippen LogP contribution in [-0.4, -0.2) is 23.5 Å². The van der Waals surface area contributed by atoms with Crippen molar-refractivity contribution < 1.29 is 14.7 Å². The molecule has 4 nitrogen and oxygen atoms in total. The minimum Gasteiger partial charge on any atom is -0.478 e. The summed E-state index contributed by atoms with van der Waals surface area (Å²) in [5, 5.41) is 8.74. The summed E-state index contributed by atoms with van der Waals surface area (Å²) in [5.74, 6) is 1.01. The Morgan fingerprint density at radius 1 is 1.41 bits per heavy atom. The summed E-state index contributed by atoms with van der Waals surface area (Å²) < 4.78 is 0. The van der Waals surface area contributed by atoms with Crippen molar-refractivity contribution in [2.75, 3.05) is 11.4 Å². The Labute approximate surface area is 99.2 Å². The number of carbonyl (C=O) groups is 2. The summed E-state index contributed by atoms with van der Waals surface area (Å²) in [4.78, 5) is 23.5. The summed E-state index contributed by atoms with van der Waals surface area (Å²) in [7, 11) is 0. The first kappa shape index (κ1) is 12.5. The van der Waals surface area contributed by atoms with Crippen LogP contribution in [0, 0.1) is 12.3 Å². The van der Waals surface area contributed by atoms with Crippen molar-refractivity contribution in [1.29, 1.82) is 0 Å². The lowest BCUT2D eigenvalue weighted by Gasteiger charge is -2.18. The highest BCUT2D eigenvalue weighted by molar-refractivity contribution is 6.01. The Kier molecular flexibility index (Phi) is 4.07. The van der Waals surface area contributed by atoms with Crippen LogP contribution >= 0.6 is 0 Å². The number of hydrogen-bond donors (Lipinski definition) is 1. The fraction of sp³-hybridized carbons (Fsp3) is 0.0769. The highest BCUT2D eigenvalue weighted by Gasteiger charge is 2.12. The molecule has 0 atom stereocenters. The maximum atomic E-state index is 11.5. The molecular formula is C13H11NO3. The van der Waals surface area contributed by atoms with Crippen LogP contribution in [0.1, 0.15) is 10.4 Å². The zero-order valence-corrected chi connectivity index (χ0v) is 9.09. The zero-order chi connectivity index (χ0) is 12.8. The Hall–Kier alpha value is -2.54. The van der Waals surface area contributed by atoms with E-state index in [1.165, 1.54) is 29.2 Å². The molecule has 1 N–H and O–H groups in total. The van der Waals surface area contributed by atoms with Crippen LogP contribution in [-0.2, 0) is 4.79 Å². The van der Waals surface area contributed by atoms with Crippen LogP contribution in [0.3, 0.4) is 0 Å². The number of terminal acetylenes is 1. The van der Waals surface area contributed by atoms with Gasteiger partial charge in [-0.1, -0.05) is 12.5 Å².